The van der Waals surface area contributed by atoms with Crippen LogP contribution in [0.3, 0.4) is 0 Å². The van der Waals surface area contributed by atoms with E-state index in [-0.39, 0.29) is 17.8 Å². The van der Waals surface area contributed by atoms with Gasteiger partial charge in [0.05, 0.1) is 17.0 Å². The summed E-state index contributed by atoms with van der Waals surface area (Å²) in [5.41, 5.74) is 2.55. The molecule has 2 aromatic heterocycles. The summed E-state index contributed by atoms with van der Waals surface area (Å²) in [5, 5.41) is 14.2. The van der Waals surface area contributed by atoms with Crippen LogP contribution in [0.5, 0.6) is 0 Å². The summed E-state index contributed by atoms with van der Waals surface area (Å²) in [7, 11) is 3.91. The molecule has 34 heavy (non-hydrogen) atoms. The number of rotatable bonds is 8. The van der Waals surface area contributed by atoms with E-state index >= 15 is 0 Å². The number of thioether (sulfide) groups is 1. The van der Waals surface area contributed by atoms with Gasteiger partial charge < -0.3 is 5.32 Å². The maximum absolute atomic E-state index is 13.5. The Kier molecular flexibility index (Phi) is 7.40. The Labute approximate surface area is 206 Å². The molecule has 0 fully saturated rings. The van der Waals surface area contributed by atoms with Gasteiger partial charge in [-0.2, -0.15) is 0 Å². The fourth-order valence-electron chi connectivity index (χ4n) is 3.18. The van der Waals surface area contributed by atoms with E-state index in [2.05, 4.69) is 20.5 Å². The lowest BCUT2D eigenvalue weighted by atomic mass is 10.2. The zero-order valence-corrected chi connectivity index (χ0v) is 20.9. The number of hydrogen-bond acceptors (Lipinski definition) is 7. The van der Waals surface area contributed by atoms with Gasteiger partial charge in [-0.25, -0.2) is 9.37 Å². The second kappa shape index (κ2) is 10.5. The molecule has 1 N–H and O–H groups in total. The van der Waals surface area contributed by atoms with E-state index in [1.54, 1.807) is 12.1 Å². The molecule has 4 rings (SSSR count). The molecule has 4 aromatic rings. The van der Waals surface area contributed by atoms with Gasteiger partial charge in [0.25, 0.3) is 0 Å². The van der Waals surface area contributed by atoms with Crippen LogP contribution in [0, 0.1) is 5.82 Å². The Hall–Kier alpha value is -3.08. The monoisotopic (exact) mass is 496 g/mol. The van der Waals surface area contributed by atoms with Gasteiger partial charge in [0, 0.05) is 16.6 Å². The van der Waals surface area contributed by atoms with Gasteiger partial charge >= 0.3 is 0 Å². The number of anilines is 1. The van der Waals surface area contributed by atoms with Crippen LogP contribution in [0.1, 0.15) is 25.7 Å². The van der Waals surface area contributed by atoms with Gasteiger partial charge in [-0.3, -0.25) is 14.3 Å². The quantitative estimate of drug-likeness (QED) is 0.335. The first-order chi connectivity index (χ1) is 16.3. The first-order valence-corrected chi connectivity index (χ1v) is 12.5. The summed E-state index contributed by atoms with van der Waals surface area (Å²) in [6.07, 6.45) is 0. The molecule has 0 spiro atoms. The van der Waals surface area contributed by atoms with E-state index in [0.717, 1.165) is 16.9 Å². The van der Waals surface area contributed by atoms with Crippen LogP contribution in [0.25, 0.3) is 16.9 Å². The lowest BCUT2D eigenvalue weighted by Gasteiger charge is -2.21. The van der Waals surface area contributed by atoms with Crippen LogP contribution < -0.4 is 5.32 Å². The average Bonchev–Trinajstić information content (AvgIpc) is 3.47. The van der Waals surface area contributed by atoms with E-state index in [4.69, 9.17) is 0 Å². The highest BCUT2D eigenvalue weighted by atomic mass is 32.2. The first kappa shape index (κ1) is 24.1. The lowest BCUT2D eigenvalue weighted by molar-refractivity contribution is -0.115. The molecule has 0 bridgehead atoms. The molecule has 2 aromatic carbocycles. The molecule has 1 amide bonds. The van der Waals surface area contributed by atoms with Gasteiger partial charge in [-0.15, -0.1) is 21.5 Å². The highest BCUT2D eigenvalue weighted by Crippen LogP contribution is 2.30. The minimum absolute atomic E-state index is 0.0391. The molecular weight excluding hydrogens is 471 g/mol. The Morgan fingerprint density at radius 1 is 1.09 bits per heavy atom. The molecule has 0 aliphatic rings. The number of benzene rings is 2. The molecule has 0 aliphatic heterocycles. The third-order valence-corrected chi connectivity index (χ3v) is 7.15. The maximum atomic E-state index is 13.5. The van der Waals surface area contributed by atoms with Crippen molar-refractivity contribution in [3.63, 3.8) is 0 Å². The number of nitrogens with zero attached hydrogens (tertiary/aromatic N) is 5. The summed E-state index contributed by atoms with van der Waals surface area (Å²) in [5.74, 6) is 0.202. The van der Waals surface area contributed by atoms with Crippen LogP contribution in [0.2, 0.25) is 0 Å². The summed E-state index contributed by atoms with van der Waals surface area (Å²) >= 11 is 2.67. The Balaban J connectivity index is 1.53. The molecule has 0 saturated heterocycles. The number of amides is 1. The van der Waals surface area contributed by atoms with Gasteiger partial charge in [-0.1, -0.05) is 42.1 Å². The van der Waals surface area contributed by atoms with Crippen LogP contribution in [0.4, 0.5) is 9.52 Å². The van der Waals surface area contributed by atoms with Crippen molar-refractivity contribution in [1.29, 1.82) is 0 Å². The zero-order chi connectivity index (χ0) is 24.2. The van der Waals surface area contributed by atoms with Gasteiger partial charge in [0.15, 0.2) is 16.1 Å². The molecule has 2 heterocycles. The third-order valence-electron chi connectivity index (χ3n) is 5.35. The van der Waals surface area contributed by atoms with Crippen LogP contribution >= 0.6 is 23.1 Å². The number of halogens is 1. The van der Waals surface area contributed by atoms with Crippen LogP contribution in [-0.2, 0) is 4.79 Å². The van der Waals surface area contributed by atoms with Gasteiger partial charge in [-0.05, 0) is 52.2 Å². The molecule has 0 saturated carbocycles. The number of carbonyl (C=O) groups excluding carboxylic acids is 1. The van der Waals surface area contributed by atoms with E-state index in [9.17, 15) is 9.18 Å². The maximum Gasteiger partial charge on any atom is 0.239 e. The largest absolute Gasteiger partial charge is 0.301 e. The highest BCUT2D eigenvalue weighted by molar-refractivity contribution is 8.00. The van der Waals surface area contributed by atoms with E-state index in [1.807, 2.05) is 73.1 Å². The van der Waals surface area contributed by atoms with Gasteiger partial charge in [0.2, 0.25) is 5.91 Å². The van der Waals surface area contributed by atoms with E-state index in [1.165, 1.54) is 35.2 Å². The van der Waals surface area contributed by atoms with Crippen molar-refractivity contribution in [2.24, 2.45) is 0 Å². The SMILES string of the molecule is C[C@H](c1nnc(S[C@H](C)C(=O)Nc2nc(-c3ccccc3)cs2)n1-c1ccc(F)cc1)N(C)C. The Bertz CT molecular complexity index is 1260. The van der Waals surface area contributed by atoms with E-state index in [0.29, 0.717) is 16.1 Å². The molecule has 0 aliphatic carbocycles. The lowest BCUT2D eigenvalue weighted by Crippen LogP contribution is -2.23. The average molecular weight is 497 g/mol. The predicted octanol–water partition coefficient (Wildman–Crippen LogP) is 5.27. The predicted molar refractivity (Wildman–Crippen MR) is 135 cm³/mol. The summed E-state index contributed by atoms with van der Waals surface area (Å²) in [4.78, 5) is 19.5. The number of nitrogens with one attached hydrogen (secondary N) is 1. The number of hydrogen-bond donors (Lipinski definition) is 1. The third kappa shape index (κ3) is 5.35. The Morgan fingerprint density at radius 2 is 1.79 bits per heavy atom. The minimum atomic E-state index is -0.463. The van der Waals surface area contributed by atoms with Gasteiger partial charge in [0.1, 0.15) is 5.82 Å². The second-order valence-electron chi connectivity index (χ2n) is 7.95. The van der Waals surface area contributed by atoms with Crippen molar-refractivity contribution in [3.05, 3.63) is 71.6 Å². The van der Waals surface area contributed by atoms with Crippen LogP contribution in [0.15, 0.2) is 65.1 Å². The topological polar surface area (TPSA) is 75.9 Å². The Morgan fingerprint density at radius 3 is 2.47 bits per heavy atom. The summed E-state index contributed by atoms with van der Waals surface area (Å²) in [6.45, 7) is 3.83. The van der Waals surface area contributed by atoms with Crippen molar-refractivity contribution in [2.45, 2.75) is 30.3 Å². The normalized spacial score (nSPS) is 13.1. The minimum Gasteiger partial charge on any atom is -0.301 e. The summed E-state index contributed by atoms with van der Waals surface area (Å²) in [6, 6.07) is 15.9. The van der Waals surface area contributed by atoms with Crippen molar-refractivity contribution >= 4 is 34.1 Å². The second-order valence-corrected chi connectivity index (χ2v) is 10.1. The fraction of sp³-hybridized carbons (Fsp3) is 0.250. The molecule has 176 valence electrons. The van der Waals surface area contributed by atoms with Crippen molar-refractivity contribution in [3.8, 4) is 16.9 Å². The van der Waals surface area contributed by atoms with Crippen molar-refractivity contribution in [1.82, 2.24) is 24.6 Å². The molecule has 0 unspecified atom stereocenters. The number of aromatic nitrogens is 4. The highest BCUT2D eigenvalue weighted by Gasteiger charge is 2.25. The molecular formula is C24H25FN6OS2. The smallest absolute Gasteiger partial charge is 0.239 e. The summed E-state index contributed by atoms with van der Waals surface area (Å²) < 4.78 is 15.4. The molecule has 10 heteroatoms. The van der Waals surface area contributed by atoms with Crippen LogP contribution in [-0.4, -0.2) is 49.9 Å². The van der Waals surface area contributed by atoms with Crippen molar-refractivity contribution in [2.75, 3.05) is 19.4 Å². The molecule has 0 radical (unpaired) electrons. The fourth-order valence-corrected chi connectivity index (χ4v) is 4.78. The standard InChI is InChI=1S/C24H25FN6OS2/c1-15(30(3)4)21-28-29-24(31(21)19-12-10-18(25)11-13-19)34-16(2)22(32)27-23-26-20(14-33-23)17-8-6-5-7-9-17/h5-16H,1-4H3,(H,26,27,32)/t15-,16-/m1/s1. The van der Waals surface area contributed by atoms with Crippen molar-refractivity contribution < 1.29 is 9.18 Å². The zero-order valence-electron chi connectivity index (χ0n) is 19.3. The van der Waals surface area contributed by atoms with E-state index < -0.39 is 5.25 Å². The number of thiazole rings is 1. The molecule has 7 nitrogen and oxygen atoms in total. The number of carbonyl (C=O) groups is 1. The first-order valence-electron chi connectivity index (χ1n) is 10.7. The molecule has 2 atom stereocenters.